The van der Waals surface area contributed by atoms with E-state index < -0.39 is 0 Å². The van der Waals surface area contributed by atoms with Crippen LogP contribution in [-0.4, -0.2) is 26.2 Å². The number of nitrogens with zero attached hydrogens (tertiary/aromatic N) is 4. The fraction of sp³-hybridized carbons (Fsp3) is 0.150. The number of aryl methyl sites for hydroxylation is 1. The summed E-state index contributed by atoms with van der Waals surface area (Å²) in [5.74, 6) is -0.459. The van der Waals surface area contributed by atoms with Crippen LogP contribution in [0.15, 0.2) is 143 Å². The van der Waals surface area contributed by atoms with Gasteiger partial charge in [-0.05, 0) is 34.2 Å². The summed E-state index contributed by atoms with van der Waals surface area (Å²) in [7, 11) is 0. The summed E-state index contributed by atoms with van der Waals surface area (Å²) >= 11 is 2.83. The number of hydrogen-bond acceptors (Lipinski definition) is 6. The van der Waals surface area contributed by atoms with E-state index in [0.29, 0.717) is 47.4 Å². The highest BCUT2D eigenvalue weighted by Crippen LogP contribution is 2.45. The molecule has 48 heavy (non-hydrogen) atoms. The van der Waals surface area contributed by atoms with E-state index in [2.05, 4.69) is 58.0 Å². The molecule has 0 radical (unpaired) electrons. The number of carbonyl (C=O) groups is 1. The van der Waals surface area contributed by atoms with E-state index in [4.69, 9.17) is 9.98 Å². The first kappa shape index (κ1) is 31.5. The van der Waals surface area contributed by atoms with E-state index in [9.17, 15) is 9.90 Å². The fourth-order valence-corrected chi connectivity index (χ4v) is 8.11. The largest absolute Gasteiger partial charge is 0.871 e. The molecule has 0 bridgehead atoms. The monoisotopic (exact) mass is 666 g/mol. The lowest BCUT2D eigenvalue weighted by Crippen LogP contribution is -2.30. The molecule has 0 spiro atoms. The Morgan fingerprint density at radius 2 is 1.17 bits per heavy atom. The van der Waals surface area contributed by atoms with Crippen LogP contribution in [0.1, 0.15) is 39.7 Å². The standard InChI is InChI=1S/C40H34N4O2S2/c1-27-37(47-39(41-27)43(23-29-15-7-3-8-16-29)24-30-17-9-4-10-18-30)33-35(45)34(36(33)46)38-28(2)42-40(48-38)44(25-31-19-11-5-12-20-31)26-32-21-13-6-14-22-32/h3-22H,23-26H2,1-2H3. The topological polar surface area (TPSA) is 71.6 Å². The zero-order valence-corrected chi connectivity index (χ0v) is 28.4. The molecule has 8 heteroatoms. The molecule has 7 rings (SSSR count). The van der Waals surface area contributed by atoms with Gasteiger partial charge < -0.3 is 10.0 Å². The lowest BCUT2D eigenvalue weighted by Gasteiger charge is -2.30. The second-order valence-electron chi connectivity index (χ2n) is 11.9. The van der Waals surface area contributed by atoms with Crippen molar-refractivity contribution in [3.8, 4) is 0 Å². The highest BCUT2D eigenvalue weighted by atomic mass is 32.2. The van der Waals surface area contributed by atoms with Gasteiger partial charge >= 0.3 is 5.17 Å². The van der Waals surface area contributed by atoms with E-state index in [1.807, 2.05) is 86.6 Å². The van der Waals surface area contributed by atoms with Gasteiger partial charge in [0, 0.05) is 42.9 Å². The summed E-state index contributed by atoms with van der Waals surface area (Å²) in [6.45, 7) is 6.38. The van der Waals surface area contributed by atoms with E-state index in [1.165, 1.54) is 23.1 Å². The van der Waals surface area contributed by atoms with E-state index in [1.54, 1.807) is 0 Å². The van der Waals surface area contributed by atoms with Crippen molar-refractivity contribution in [1.82, 2.24) is 4.98 Å². The Balaban J connectivity index is 1.20. The third kappa shape index (κ3) is 6.68. The van der Waals surface area contributed by atoms with Gasteiger partial charge in [0.05, 0.1) is 15.5 Å². The van der Waals surface area contributed by atoms with Gasteiger partial charge in [-0.2, -0.15) is 0 Å². The van der Waals surface area contributed by atoms with Crippen molar-refractivity contribution < 1.29 is 14.5 Å². The molecule has 0 unspecified atom stereocenters. The van der Waals surface area contributed by atoms with Crippen molar-refractivity contribution in [3.63, 3.8) is 0 Å². The minimum Gasteiger partial charge on any atom is -0.871 e. The van der Waals surface area contributed by atoms with Gasteiger partial charge in [-0.15, -0.1) is 0 Å². The summed E-state index contributed by atoms with van der Waals surface area (Å²) in [5, 5.41) is 15.4. The van der Waals surface area contributed by atoms with Crippen molar-refractivity contribution in [2.24, 2.45) is 4.99 Å². The third-order valence-corrected chi connectivity index (χ3v) is 10.8. The normalized spacial score (nSPS) is 15.8. The number of thioether (sulfide) groups is 1. The maximum atomic E-state index is 13.8. The van der Waals surface area contributed by atoms with Crippen molar-refractivity contribution in [1.29, 1.82) is 0 Å². The first-order valence-electron chi connectivity index (χ1n) is 15.9. The number of benzene rings is 4. The van der Waals surface area contributed by atoms with Crippen LogP contribution in [0, 0.1) is 6.92 Å². The number of ketones is 1. The van der Waals surface area contributed by atoms with Gasteiger partial charge in [0.25, 0.3) is 0 Å². The quantitative estimate of drug-likeness (QED) is 0.114. The molecular weight excluding hydrogens is 633 g/mol. The Labute approximate surface area is 289 Å². The van der Waals surface area contributed by atoms with Gasteiger partial charge in [-0.1, -0.05) is 138 Å². The number of aliphatic imine (C=N–C) groups is 1. The Bertz CT molecular complexity index is 2000. The van der Waals surface area contributed by atoms with Crippen LogP contribution in [0.25, 0.3) is 5.57 Å². The minimum atomic E-state index is -0.230. The van der Waals surface area contributed by atoms with Gasteiger partial charge in [-0.3, -0.25) is 4.79 Å². The maximum absolute atomic E-state index is 13.8. The van der Waals surface area contributed by atoms with Crippen LogP contribution in [-0.2, 0) is 31.0 Å². The smallest absolute Gasteiger partial charge is 0.360 e. The zero-order valence-electron chi connectivity index (χ0n) is 26.8. The number of allylic oxidation sites excluding steroid dienone is 3. The molecular formula is C40H34N4O2S2. The summed E-state index contributed by atoms with van der Waals surface area (Å²) in [6.07, 6.45) is 0. The number of anilines is 1. The first-order chi connectivity index (χ1) is 23.4. The molecule has 6 nitrogen and oxygen atoms in total. The number of hydrogen-bond donors (Lipinski definition) is 0. The lowest BCUT2D eigenvalue weighted by atomic mass is 9.85. The lowest BCUT2D eigenvalue weighted by molar-refractivity contribution is -0.558. The van der Waals surface area contributed by atoms with E-state index in [-0.39, 0.29) is 22.7 Å². The average Bonchev–Trinajstić information content (AvgIpc) is 3.68. The molecule has 0 saturated carbocycles. The third-order valence-electron chi connectivity index (χ3n) is 8.34. The average molecular weight is 667 g/mol. The SMILES string of the molecule is CC1=NC(=[N+](Cc2ccccc2)Cc2ccccc2)S/C1=C1/C(=O)C(c2sc(N(Cc3ccccc3)Cc3ccccc3)nc2C)=C1[O-]. The molecule has 2 aliphatic rings. The minimum absolute atomic E-state index is 0.227. The first-order valence-corrected chi connectivity index (χ1v) is 17.5. The predicted molar refractivity (Wildman–Crippen MR) is 195 cm³/mol. The van der Waals surface area contributed by atoms with Gasteiger partial charge in [-0.25, -0.2) is 9.56 Å². The van der Waals surface area contributed by atoms with Crippen molar-refractivity contribution in [2.45, 2.75) is 40.0 Å². The Hall–Kier alpha value is -5.05. The summed E-state index contributed by atoms with van der Waals surface area (Å²) in [6, 6.07) is 41.1. The van der Waals surface area contributed by atoms with Crippen molar-refractivity contribution in [3.05, 3.63) is 170 Å². The van der Waals surface area contributed by atoms with Crippen LogP contribution in [0.4, 0.5) is 5.13 Å². The summed E-state index contributed by atoms with van der Waals surface area (Å²) in [5.41, 5.74) is 6.47. The van der Waals surface area contributed by atoms with Gasteiger partial charge in [0.15, 0.2) is 16.6 Å². The molecule has 0 fully saturated rings. The molecule has 1 aliphatic carbocycles. The number of rotatable bonds is 10. The number of amidine groups is 1. The van der Waals surface area contributed by atoms with Crippen LogP contribution < -0.4 is 10.0 Å². The van der Waals surface area contributed by atoms with Crippen LogP contribution in [0.2, 0.25) is 0 Å². The molecule has 1 aliphatic heterocycles. The van der Waals surface area contributed by atoms with Crippen molar-refractivity contribution in [2.75, 3.05) is 4.90 Å². The number of thiazole rings is 1. The highest BCUT2D eigenvalue weighted by molar-refractivity contribution is 8.18. The van der Waals surface area contributed by atoms with Crippen LogP contribution in [0.5, 0.6) is 0 Å². The number of carbonyl (C=O) groups excluding carboxylic acids is 1. The second kappa shape index (κ2) is 14.0. The molecule has 2 heterocycles. The zero-order chi connectivity index (χ0) is 33.0. The van der Waals surface area contributed by atoms with Crippen LogP contribution in [0.3, 0.4) is 0 Å². The number of Topliss-reactive ketones (excluding diaryl/α,β-unsaturated/α-hetero) is 1. The molecule has 5 aromatic rings. The summed E-state index contributed by atoms with van der Waals surface area (Å²) in [4.78, 5) is 27.1. The Morgan fingerprint density at radius 1 is 0.688 bits per heavy atom. The summed E-state index contributed by atoms with van der Waals surface area (Å²) < 4.78 is 2.21. The van der Waals surface area contributed by atoms with Crippen molar-refractivity contribution >= 4 is 50.5 Å². The molecule has 1 aromatic heterocycles. The molecule has 0 amide bonds. The Morgan fingerprint density at radius 3 is 1.65 bits per heavy atom. The molecule has 0 atom stereocenters. The van der Waals surface area contributed by atoms with E-state index >= 15 is 0 Å². The molecule has 4 aromatic carbocycles. The molecule has 0 saturated heterocycles. The van der Waals surface area contributed by atoms with Crippen LogP contribution >= 0.6 is 23.1 Å². The van der Waals surface area contributed by atoms with Gasteiger partial charge in [0.2, 0.25) is 0 Å². The maximum Gasteiger partial charge on any atom is 0.360 e. The fourth-order valence-electron chi connectivity index (χ4n) is 5.90. The molecule has 238 valence electrons. The van der Waals surface area contributed by atoms with E-state index in [0.717, 1.165) is 32.6 Å². The number of aromatic nitrogens is 1. The van der Waals surface area contributed by atoms with Gasteiger partial charge in [0.1, 0.15) is 13.1 Å². The predicted octanol–water partition coefficient (Wildman–Crippen LogP) is 7.54. The highest BCUT2D eigenvalue weighted by Gasteiger charge is 2.39. The second-order valence-corrected chi connectivity index (χ2v) is 13.8. The molecule has 0 N–H and O–H groups in total. The Kier molecular flexibility index (Phi) is 9.18.